The maximum absolute atomic E-state index is 12.5. The van der Waals surface area contributed by atoms with E-state index < -0.39 is 0 Å². The average Bonchev–Trinajstić information content (AvgIpc) is 3.06. The molecule has 0 radical (unpaired) electrons. The lowest BCUT2D eigenvalue weighted by atomic mass is 10.1. The number of nitrogens with zero attached hydrogens (tertiary/aromatic N) is 3. The molecular weight excluding hydrogens is 314 g/mol. The number of hydrogen-bond acceptors (Lipinski definition) is 4. The standard InChI is InChI=1S/C20H21N3O2/c24-20-6-5-17-7-10-22(15-18-4-2-12-25-18)11-8-19(17)23(20)14-16-3-1-9-21-13-16/h1-6,9,12-13H,7-8,10-11,14-15H2. The highest BCUT2D eigenvalue weighted by molar-refractivity contribution is 5.25. The lowest BCUT2D eigenvalue weighted by Gasteiger charge is -2.18. The van der Waals surface area contributed by atoms with Gasteiger partial charge in [0.15, 0.2) is 0 Å². The molecule has 3 aromatic rings. The summed E-state index contributed by atoms with van der Waals surface area (Å²) in [6.07, 6.45) is 7.11. The molecule has 25 heavy (non-hydrogen) atoms. The van der Waals surface area contributed by atoms with Crippen LogP contribution in [0, 0.1) is 0 Å². The van der Waals surface area contributed by atoms with Gasteiger partial charge in [0.2, 0.25) is 0 Å². The zero-order chi connectivity index (χ0) is 17.1. The second-order valence-corrected chi connectivity index (χ2v) is 6.45. The number of hydrogen-bond donors (Lipinski definition) is 0. The molecular formula is C20H21N3O2. The van der Waals surface area contributed by atoms with Gasteiger partial charge < -0.3 is 8.98 Å². The monoisotopic (exact) mass is 335 g/mol. The van der Waals surface area contributed by atoms with Gasteiger partial charge in [-0.3, -0.25) is 14.7 Å². The van der Waals surface area contributed by atoms with Gasteiger partial charge in [-0.15, -0.1) is 0 Å². The average molecular weight is 335 g/mol. The Kier molecular flexibility index (Phi) is 4.48. The Balaban J connectivity index is 1.58. The van der Waals surface area contributed by atoms with Crippen molar-refractivity contribution in [2.75, 3.05) is 13.1 Å². The zero-order valence-corrected chi connectivity index (χ0v) is 14.1. The van der Waals surface area contributed by atoms with Gasteiger partial charge in [0.1, 0.15) is 5.76 Å². The summed E-state index contributed by atoms with van der Waals surface area (Å²) in [5, 5.41) is 0. The first-order valence-electron chi connectivity index (χ1n) is 8.65. The van der Waals surface area contributed by atoms with Crippen molar-refractivity contribution in [2.45, 2.75) is 25.9 Å². The van der Waals surface area contributed by atoms with Gasteiger partial charge in [0, 0.05) is 43.7 Å². The minimum absolute atomic E-state index is 0.0575. The second-order valence-electron chi connectivity index (χ2n) is 6.45. The van der Waals surface area contributed by atoms with E-state index in [9.17, 15) is 4.79 Å². The molecule has 4 rings (SSSR count). The molecule has 0 atom stereocenters. The number of rotatable bonds is 4. The van der Waals surface area contributed by atoms with E-state index in [1.807, 2.05) is 41.1 Å². The van der Waals surface area contributed by atoms with E-state index >= 15 is 0 Å². The largest absolute Gasteiger partial charge is 0.468 e. The molecule has 0 bridgehead atoms. The van der Waals surface area contributed by atoms with Crippen molar-refractivity contribution in [1.82, 2.24) is 14.5 Å². The molecule has 3 aromatic heterocycles. The molecule has 0 N–H and O–H groups in total. The molecule has 0 aromatic carbocycles. The lowest BCUT2D eigenvalue weighted by molar-refractivity contribution is 0.254. The topological polar surface area (TPSA) is 51.3 Å². The van der Waals surface area contributed by atoms with Gasteiger partial charge in [0.05, 0.1) is 19.4 Å². The van der Waals surface area contributed by atoms with Crippen LogP contribution in [-0.4, -0.2) is 27.5 Å². The summed E-state index contributed by atoms with van der Waals surface area (Å²) in [5.41, 5.74) is 3.53. The Bertz CT molecular complexity index is 885. The van der Waals surface area contributed by atoms with E-state index in [0.29, 0.717) is 6.54 Å². The van der Waals surface area contributed by atoms with E-state index in [-0.39, 0.29) is 5.56 Å². The highest BCUT2D eigenvalue weighted by atomic mass is 16.3. The first kappa shape index (κ1) is 15.8. The van der Waals surface area contributed by atoms with Crippen LogP contribution in [0.4, 0.5) is 0 Å². The summed E-state index contributed by atoms with van der Waals surface area (Å²) in [6.45, 7) is 3.28. The molecule has 5 heteroatoms. The summed E-state index contributed by atoms with van der Waals surface area (Å²) in [4.78, 5) is 19.0. The maximum atomic E-state index is 12.5. The molecule has 0 saturated heterocycles. The summed E-state index contributed by atoms with van der Waals surface area (Å²) >= 11 is 0. The van der Waals surface area contributed by atoms with E-state index in [0.717, 1.165) is 49.5 Å². The zero-order valence-electron chi connectivity index (χ0n) is 14.1. The van der Waals surface area contributed by atoms with Crippen molar-refractivity contribution >= 4 is 0 Å². The second kappa shape index (κ2) is 7.07. The lowest BCUT2D eigenvalue weighted by Crippen LogP contribution is -2.27. The van der Waals surface area contributed by atoms with Crippen molar-refractivity contribution in [3.63, 3.8) is 0 Å². The first-order valence-corrected chi connectivity index (χ1v) is 8.65. The van der Waals surface area contributed by atoms with Crippen molar-refractivity contribution < 1.29 is 4.42 Å². The number of pyridine rings is 2. The summed E-state index contributed by atoms with van der Waals surface area (Å²) in [5.74, 6) is 0.985. The minimum Gasteiger partial charge on any atom is -0.468 e. The Hall–Kier alpha value is -2.66. The smallest absolute Gasteiger partial charge is 0.251 e. The van der Waals surface area contributed by atoms with Gasteiger partial charge in [-0.2, -0.15) is 0 Å². The van der Waals surface area contributed by atoms with E-state index in [1.165, 1.54) is 5.56 Å². The van der Waals surface area contributed by atoms with Crippen LogP contribution >= 0.6 is 0 Å². The van der Waals surface area contributed by atoms with Crippen LogP contribution in [0.15, 0.2) is 64.3 Å². The quantitative estimate of drug-likeness (QED) is 0.735. The predicted octanol–water partition coefficient (Wildman–Crippen LogP) is 2.49. The van der Waals surface area contributed by atoms with E-state index in [2.05, 4.69) is 9.88 Å². The fraction of sp³-hybridized carbons (Fsp3) is 0.300. The maximum Gasteiger partial charge on any atom is 0.251 e. The van der Waals surface area contributed by atoms with Crippen LogP contribution in [0.2, 0.25) is 0 Å². The van der Waals surface area contributed by atoms with Crippen LogP contribution in [-0.2, 0) is 25.9 Å². The fourth-order valence-electron chi connectivity index (χ4n) is 3.47. The van der Waals surface area contributed by atoms with Crippen LogP contribution in [0.5, 0.6) is 0 Å². The van der Waals surface area contributed by atoms with Gasteiger partial charge >= 0.3 is 0 Å². The third-order valence-electron chi connectivity index (χ3n) is 4.77. The number of aromatic nitrogens is 2. The molecule has 1 aliphatic heterocycles. The Morgan fingerprint density at radius 3 is 2.76 bits per heavy atom. The normalized spacial score (nSPS) is 14.9. The van der Waals surface area contributed by atoms with Gasteiger partial charge in [0.25, 0.3) is 5.56 Å². The Morgan fingerprint density at radius 1 is 1.04 bits per heavy atom. The molecule has 0 fully saturated rings. The van der Waals surface area contributed by atoms with Crippen molar-refractivity contribution in [3.8, 4) is 0 Å². The Labute approximate surface area is 146 Å². The number of fused-ring (bicyclic) bond motifs is 1. The summed E-state index contributed by atoms with van der Waals surface area (Å²) < 4.78 is 7.38. The molecule has 0 saturated carbocycles. The van der Waals surface area contributed by atoms with E-state index in [4.69, 9.17) is 4.42 Å². The van der Waals surface area contributed by atoms with Gasteiger partial charge in [-0.1, -0.05) is 12.1 Å². The summed E-state index contributed by atoms with van der Waals surface area (Å²) in [7, 11) is 0. The van der Waals surface area contributed by atoms with Crippen LogP contribution < -0.4 is 5.56 Å². The molecule has 0 aliphatic carbocycles. The number of furan rings is 1. The van der Waals surface area contributed by atoms with Crippen molar-refractivity contribution in [1.29, 1.82) is 0 Å². The van der Waals surface area contributed by atoms with E-state index in [1.54, 1.807) is 18.5 Å². The molecule has 128 valence electrons. The van der Waals surface area contributed by atoms with Crippen LogP contribution in [0.1, 0.15) is 22.6 Å². The van der Waals surface area contributed by atoms with Crippen molar-refractivity contribution in [2.24, 2.45) is 0 Å². The third kappa shape index (κ3) is 3.56. The van der Waals surface area contributed by atoms with Crippen LogP contribution in [0.25, 0.3) is 0 Å². The van der Waals surface area contributed by atoms with Gasteiger partial charge in [-0.25, -0.2) is 0 Å². The predicted molar refractivity (Wildman–Crippen MR) is 95.4 cm³/mol. The van der Waals surface area contributed by atoms with Crippen molar-refractivity contribution in [3.05, 3.63) is 88.0 Å². The molecule has 4 heterocycles. The molecule has 1 aliphatic rings. The molecule has 0 spiro atoms. The SMILES string of the molecule is O=c1ccc2c(n1Cc1cccnc1)CCN(Cc1ccco1)CC2. The fourth-order valence-corrected chi connectivity index (χ4v) is 3.47. The highest BCUT2D eigenvalue weighted by Crippen LogP contribution is 2.17. The van der Waals surface area contributed by atoms with Crippen LogP contribution in [0.3, 0.4) is 0 Å². The summed E-state index contributed by atoms with van der Waals surface area (Å²) in [6, 6.07) is 11.5. The third-order valence-corrected chi connectivity index (χ3v) is 4.77. The molecule has 5 nitrogen and oxygen atoms in total. The molecule has 0 amide bonds. The highest BCUT2D eigenvalue weighted by Gasteiger charge is 2.18. The first-order chi connectivity index (χ1) is 12.3. The minimum atomic E-state index is 0.0575. The van der Waals surface area contributed by atoms with Gasteiger partial charge in [-0.05, 0) is 35.7 Å². The molecule has 0 unspecified atom stereocenters. The Morgan fingerprint density at radius 2 is 1.96 bits per heavy atom.